The highest BCUT2D eigenvalue weighted by molar-refractivity contribution is 5.40. The number of nitrogens with two attached hydrogens (primary N) is 1. The molecule has 0 radical (unpaired) electrons. The summed E-state index contributed by atoms with van der Waals surface area (Å²) >= 11 is 0. The van der Waals surface area contributed by atoms with E-state index in [2.05, 4.69) is 27.0 Å². The molecule has 0 aliphatic carbocycles. The monoisotopic (exact) mass is 219 g/mol. The molecule has 2 rings (SSSR count). The van der Waals surface area contributed by atoms with Crippen LogP contribution < -0.4 is 5.73 Å². The zero-order valence-corrected chi connectivity index (χ0v) is 9.00. The second-order valence-electron chi connectivity index (χ2n) is 3.42. The average molecular weight is 219 g/mol. The standard InChI is InChI=1S/C10H13N5O/c1-2-4-7(11)10-14-9(15-16-10)8-12-5-3-6-13-8/h3,5-7H,2,4,11H2,1H3/t7-/m1/s1. The van der Waals surface area contributed by atoms with E-state index in [0.717, 1.165) is 12.8 Å². The normalized spacial score (nSPS) is 12.6. The molecule has 0 spiro atoms. The summed E-state index contributed by atoms with van der Waals surface area (Å²) in [4.78, 5) is 12.2. The summed E-state index contributed by atoms with van der Waals surface area (Å²) in [6.45, 7) is 2.05. The highest BCUT2D eigenvalue weighted by Gasteiger charge is 2.15. The van der Waals surface area contributed by atoms with E-state index in [9.17, 15) is 0 Å². The third-order valence-corrected chi connectivity index (χ3v) is 2.12. The molecule has 2 N–H and O–H groups in total. The summed E-state index contributed by atoms with van der Waals surface area (Å²) in [6, 6.07) is 1.52. The van der Waals surface area contributed by atoms with Crippen LogP contribution in [0.4, 0.5) is 0 Å². The lowest BCUT2D eigenvalue weighted by molar-refractivity contribution is 0.348. The largest absolute Gasteiger partial charge is 0.337 e. The van der Waals surface area contributed by atoms with E-state index >= 15 is 0 Å². The fraction of sp³-hybridized carbons (Fsp3) is 0.400. The molecule has 1 atom stereocenters. The molecule has 2 aromatic heterocycles. The van der Waals surface area contributed by atoms with Gasteiger partial charge in [-0.3, -0.25) is 0 Å². The highest BCUT2D eigenvalue weighted by atomic mass is 16.5. The Balaban J connectivity index is 2.20. The van der Waals surface area contributed by atoms with E-state index in [1.807, 2.05) is 0 Å². The van der Waals surface area contributed by atoms with E-state index in [1.54, 1.807) is 18.5 Å². The summed E-state index contributed by atoms with van der Waals surface area (Å²) in [5.41, 5.74) is 5.86. The number of rotatable bonds is 4. The molecule has 0 amide bonds. The molecule has 0 bridgehead atoms. The Labute approximate surface area is 92.9 Å². The van der Waals surface area contributed by atoms with Gasteiger partial charge in [0.05, 0.1) is 6.04 Å². The van der Waals surface area contributed by atoms with Crippen molar-refractivity contribution in [2.45, 2.75) is 25.8 Å². The molecule has 0 aliphatic rings. The topological polar surface area (TPSA) is 90.7 Å². The van der Waals surface area contributed by atoms with Crippen molar-refractivity contribution in [2.75, 3.05) is 0 Å². The van der Waals surface area contributed by atoms with Crippen molar-refractivity contribution in [3.05, 3.63) is 24.4 Å². The van der Waals surface area contributed by atoms with Crippen LogP contribution in [0.2, 0.25) is 0 Å². The summed E-state index contributed by atoms with van der Waals surface area (Å²) < 4.78 is 5.07. The molecule has 0 aromatic carbocycles. The molecule has 16 heavy (non-hydrogen) atoms. The number of hydrogen-bond acceptors (Lipinski definition) is 6. The second-order valence-corrected chi connectivity index (χ2v) is 3.42. The van der Waals surface area contributed by atoms with Crippen LogP contribution in [-0.4, -0.2) is 20.1 Å². The maximum Gasteiger partial charge on any atom is 0.243 e. The Morgan fingerprint density at radius 2 is 2.06 bits per heavy atom. The van der Waals surface area contributed by atoms with Gasteiger partial charge in [-0.05, 0) is 12.5 Å². The number of aromatic nitrogens is 4. The highest BCUT2D eigenvalue weighted by Crippen LogP contribution is 2.16. The van der Waals surface area contributed by atoms with Crippen molar-refractivity contribution in [3.63, 3.8) is 0 Å². The number of nitrogens with zero attached hydrogens (tertiary/aromatic N) is 4. The molecule has 0 saturated heterocycles. The summed E-state index contributed by atoms with van der Waals surface area (Å²) in [5, 5.41) is 3.80. The van der Waals surface area contributed by atoms with Crippen LogP contribution in [-0.2, 0) is 0 Å². The Hall–Kier alpha value is -1.82. The molecular weight excluding hydrogens is 206 g/mol. The van der Waals surface area contributed by atoms with Crippen LogP contribution in [0.5, 0.6) is 0 Å². The number of hydrogen-bond donors (Lipinski definition) is 1. The first-order chi connectivity index (χ1) is 7.81. The maximum atomic E-state index is 5.86. The van der Waals surface area contributed by atoms with Gasteiger partial charge in [-0.1, -0.05) is 18.5 Å². The molecule has 2 heterocycles. The van der Waals surface area contributed by atoms with Crippen molar-refractivity contribution in [1.82, 2.24) is 20.1 Å². The van der Waals surface area contributed by atoms with Gasteiger partial charge in [-0.2, -0.15) is 4.98 Å². The lowest BCUT2D eigenvalue weighted by Gasteiger charge is -2.01. The van der Waals surface area contributed by atoms with Gasteiger partial charge in [0, 0.05) is 12.4 Å². The average Bonchev–Trinajstić information content (AvgIpc) is 2.80. The first-order valence-electron chi connectivity index (χ1n) is 5.18. The second kappa shape index (κ2) is 4.80. The van der Waals surface area contributed by atoms with Crippen molar-refractivity contribution in [3.8, 4) is 11.6 Å². The van der Waals surface area contributed by atoms with Crippen LogP contribution in [0, 0.1) is 0 Å². The lowest BCUT2D eigenvalue weighted by atomic mass is 10.2. The Bertz CT molecular complexity index is 441. The van der Waals surface area contributed by atoms with E-state index < -0.39 is 0 Å². The lowest BCUT2D eigenvalue weighted by Crippen LogP contribution is -2.09. The van der Waals surface area contributed by atoms with Gasteiger partial charge in [0.1, 0.15) is 0 Å². The van der Waals surface area contributed by atoms with Crippen LogP contribution >= 0.6 is 0 Å². The molecule has 0 unspecified atom stereocenters. The van der Waals surface area contributed by atoms with Gasteiger partial charge in [0.25, 0.3) is 0 Å². The predicted octanol–water partition coefficient (Wildman–Crippen LogP) is 1.33. The fourth-order valence-electron chi connectivity index (χ4n) is 1.33. The van der Waals surface area contributed by atoms with Gasteiger partial charge >= 0.3 is 0 Å². The van der Waals surface area contributed by atoms with Crippen molar-refractivity contribution < 1.29 is 4.52 Å². The molecule has 6 heteroatoms. The zero-order chi connectivity index (χ0) is 11.4. The Morgan fingerprint density at radius 3 is 2.75 bits per heavy atom. The van der Waals surface area contributed by atoms with Gasteiger partial charge in [-0.25, -0.2) is 9.97 Å². The molecule has 0 saturated carbocycles. The summed E-state index contributed by atoms with van der Waals surface area (Å²) in [6.07, 6.45) is 5.05. The Morgan fingerprint density at radius 1 is 1.31 bits per heavy atom. The van der Waals surface area contributed by atoms with E-state index in [1.165, 1.54) is 0 Å². The van der Waals surface area contributed by atoms with Crippen molar-refractivity contribution in [1.29, 1.82) is 0 Å². The van der Waals surface area contributed by atoms with Crippen LogP contribution in [0.3, 0.4) is 0 Å². The van der Waals surface area contributed by atoms with E-state index in [0.29, 0.717) is 17.5 Å². The van der Waals surface area contributed by atoms with E-state index in [-0.39, 0.29) is 6.04 Å². The minimum Gasteiger partial charge on any atom is -0.337 e. The first kappa shape index (κ1) is 10.7. The third kappa shape index (κ3) is 2.22. The third-order valence-electron chi connectivity index (χ3n) is 2.12. The van der Waals surface area contributed by atoms with Gasteiger partial charge in [-0.15, -0.1) is 0 Å². The summed E-state index contributed by atoms with van der Waals surface area (Å²) in [7, 11) is 0. The minimum absolute atomic E-state index is 0.213. The van der Waals surface area contributed by atoms with Crippen LogP contribution in [0.1, 0.15) is 31.7 Å². The van der Waals surface area contributed by atoms with Gasteiger partial charge < -0.3 is 10.3 Å². The first-order valence-corrected chi connectivity index (χ1v) is 5.18. The molecule has 0 fully saturated rings. The minimum atomic E-state index is -0.213. The van der Waals surface area contributed by atoms with Crippen molar-refractivity contribution in [2.24, 2.45) is 5.73 Å². The Kier molecular flexibility index (Phi) is 3.21. The predicted molar refractivity (Wildman–Crippen MR) is 57.2 cm³/mol. The quantitative estimate of drug-likeness (QED) is 0.834. The molecule has 0 aliphatic heterocycles. The van der Waals surface area contributed by atoms with Gasteiger partial charge in [0.15, 0.2) is 0 Å². The SMILES string of the molecule is CCC[C@@H](N)c1nc(-c2ncccn2)no1. The smallest absolute Gasteiger partial charge is 0.243 e. The van der Waals surface area contributed by atoms with E-state index in [4.69, 9.17) is 10.3 Å². The molecular formula is C10H13N5O. The van der Waals surface area contributed by atoms with Gasteiger partial charge in [0.2, 0.25) is 17.5 Å². The zero-order valence-electron chi connectivity index (χ0n) is 9.00. The summed E-state index contributed by atoms with van der Waals surface area (Å²) in [5.74, 6) is 1.26. The molecule has 2 aromatic rings. The van der Waals surface area contributed by atoms with Crippen molar-refractivity contribution >= 4 is 0 Å². The fourth-order valence-corrected chi connectivity index (χ4v) is 1.33. The van der Waals surface area contributed by atoms with Crippen LogP contribution in [0.15, 0.2) is 23.0 Å². The molecule has 84 valence electrons. The van der Waals surface area contributed by atoms with Crippen LogP contribution in [0.25, 0.3) is 11.6 Å². The molecule has 6 nitrogen and oxygen atoms in total. The maximum absolute atomic E-state index is 5.86.